The van der Waals surface area contributed by atoms with Gasteiger partial charge in [-0.1, -0.05) is 61.3 Å². The molecule has 0 spiro atoms. The van der Waals surface area contributed by atoms with E-state index >= 15 is 0 Å². The van der Waals surface area contributed by atoms with Crippen LogP contribution in [0, 0.1) is 0 Å². The van der Waals surface area contributed by atoms with E-state index < -0.39 is 0 Å². The zero-order valence-corrected chi connectivity index (χ0v) is 19.3. The van der Waals surface area contributed by atoms with Gasteiger partial charge in [-0.15, -0.1) is 5.10 Å². The Hall–Kier alpha value is -4.04. The third-order valence-electron chi connectivity index (χ3n) is 5.66. The summed E-state index contributed by atoms with van der Waals surface area (Å²) in [6.07, 6.45) is 5.37. The highest BCUT2D eigenvalue weighted by atomic mass is 35.5. The van der Waals surface area contributed by atoms with E-state index in [1.165, 1.54) is 0 Å². The second-order valence-electron chi connectivity index (χ2n) is 7.91. The van der Waals surface area contributed by atoms with Gasteiger partial charge in [-0.25, -0.2) is 9.89 Å². The molecule has 0 saturated heterocycles. The highest BCUT2D eigenvalue weighted by molar-refractivity contribution is 6.32. The third kappa shape index (κ3) is 4.15. The zero-order valence-electron chi connectivity index (χ0n) is 18.5. The minimum atomic E-state index is -0.106. The van der Waals surface area contributed by atoms with E-state index in [2.05, 4.69) is 32.5 Å². The number of para-hydroxylation sites is 1. The summed E-state index contributed by atoms with van der Waals surface area (Å²) >= 11 is 6.37. The molecule has 8 nitrogen and oxygen atoms in total. The second kappa shape index (κ2) is 9.44. The van der Waals surface area contributed by atoms with E-state index in [1.807, 2.05) is 65.4 Å². The Morgan fingerprint density at radius 1 is 1.03 bits per heavy atom. The van der Waals surface area contributed by atoms with Crippen molar-refractivity contribution < 1.29 is 0 Å². The molecule has 0 radical (unpaired) electrons. The molecule has 3 heterocycles. The van der Waals surface area contributed by atoms with Crippen LogP contribution in [-0.4, -0.2) is 34.7 Å². The van der Waals surface area contributed by atoms with Gasteiger partial charge >= 0.3 is 5.69 Å². The summed E-state index contributed by atoms with van der Waals surface area (Å²) in [4.78, 5) is 17.9. The molecule has 0 aliphatic carbocycles. The molecule has 0 aliphatic heterocycles. The van der Waals surface area contributed by atoms with Gasteiger partial charge in [0.25, 0.3) is 0 Å². The smallest absolute Gasteiger partial charge is 0.292 e. The first kappa shape index (κ1) is 21.8. The molecule has 170 valence electrons. The molecule has 0 aliphatic rings. The Morgan fingerprint density at radius 3 is 2.59 bits per heavy atom. The molecule has 5 rings (SSSR count). The first-order chi connectivity index (χ1) is 16.7. The number of aryl methyl sites for hydroxylation is 1. The molecule has 0 bridgehead atoms. The lowest BCUT2D eigenvalue weighted by atomic mass is 10.0. The van der Waals surface area contributed by atoms with Crippen LogP contribution < -0.4 is 5.69 Å². The normalized spacial score (nSPS) is 11.1. The number of nitrogens with one attached hydrogen (secondary N) is 1. The first-order valence-corrected chi connectivity index (χ1v) is 11.4. The first-order valence-electron chi connectivity index (χ1n) is 11.0. The van der Waals surface area contributed by atoms with Crippen LogP contribution in [0.3, 0.4) is 0 Å². The van der Waals surface area contributed by atoms with Crippen LogP contribution in [0.15, 0.2) is 77.9 Å². The number of hydrogen-bond acceptors (Lipinski definition) is 5. The van der Waals surface area contributed by atoms with Gasteiger partial charge in [-0.2, -0.15) is 0 Å². The number of aromatic nitrogens is 7. The van der Waals surface area contributed by atoms with Gasteiger partial charge in [-0.05, 0) is 46.7 Å². The van der Waals surface area contributed by atoms with Crippen LogP contribution in [-0.2, 0) is 13.0 Å². The molecule has 9 heteroatoms. The molecule has 0 saturated carbocycles. The van der Waals surface area contributed by atoms with Gasteiger partial charge in [-0.3, -0.25) is 14.1 Å². The summed E-state index contributed by atoms with van der Waals surface area (Å²) in [7, 11) is 0. The van der Waals surface area contributed by atoms with Crippen molar-refractivity contribution in [1.82, 2.24) is 34.7 Å². The van der Waals surface area contributed by atoms with E-state index in [-0.39, 0.29) is 5.69 Å². The molecule has 1 N–H and O–H groups in total. The Balaban J connectivity index is 1.48. The van der Waals surface area contributed by atoms with Gasteiger partial charge in [0.15, 0.2) is 5.82 Å². The van der Waals surface area contributed by atoms with E-state index in [4.69, 9.17) is 11.6 Å². The zero-order chi connectivity index (χ0) is 23.5. The molecular formula is C25H22ClN7O. The van der Waals surface area contributed by atoms with Crippen LogP contribution in [0.1, 0.15) is 24.6 Å². The topological polar surface area (TPSA) is 94.3 Å². The maximum Gasteiger partial charge on any atom is 0.333 e. The number of benzene rings is 2. The van der Waals surface area contributed by atoms with Crippen LogP contribution in [0.4, 0.5) is 0 Å². The highest BCUT2D eigenvalue weighted by Gasteiger charge is 2.15. The molecular weight excluding hydrogens is 450 g/mol. The minimum absolute atomic E-state index is 0.106. The van der Waals surface area contributed by atoms with Crippen molar-refractivity contribution >= 4 is 11.6 Å². The predicted molar refractivity (Wildman–Crippen MR) is 131 cm³/mol. The lowest BCUT2D eigenvalue weighted by Crippen LogP contribution is -2.24. The Labute approximate surface area is 200 Å². The highest BCUT2D eigenvalue weighted by Crippen LogP contribution is 2.28. The van der Waals surface area contributed by atoms with Crippen molar-refractivity contribution in [2.75, 3.05) is 0 Å². The summed E-state index contributed by atoms with van der Waals surface area (Å²) in [5.41, 5.74) is 5.10. The van der Waals surface area contributed by atoms with Crippen LogP contribution in [0.2, 0.25) is 5.02 Å². The van der Waals surface area contributed by atoms with Gasteiger partial charge in [0.1, 0.15) is 0 Å². The van der Waals surface area contributed by atoms with Crippen molar-refractivity contribution in [2.45, 2.75) is 26.3 Å². The van der Waals surface area contributed by atoms with Crippen molar-refractivity contribution in [3.8, 4) is 28.3 Å². The maximum absolute atomic E-state index is 13.3. The van der Waals surface area contributed by atoms with Crippen molar-refractivity contribution in [3.63, 3.8) is 0 Å². The number of halogens is 1. The fraction of sp³-hybridized carbons (Fsp3) is 0.160. The van der Waals surface area contributed by atoms with Gasteiger partial charge in [0.2, 0.25) is 0 Å². The van der Waals surface area contributed by atoms with E-state index in [1.54, 1.807) is 16.8 Å². The fourth-order valence-corrected chi connectivity index (χ4v) is 4.25. The van der Waals surface area contributed by atoms with Crippen LogP contribution >= 0.6 is 11.6 Å². The lowest BCUT2D eigenvalue weighted by molar-refractivity contribution is 0.691. The monoisotopic (exact) mass is 471 g/mol. The summed E-state index contributed by atoms with van der Waals surface area (Å²) in [6, 6.07) is 19.2. The molecule has 5 aromatic rings. The molecule has 0 unspecified atom stereocenters. The summed E-state index contributed by atoms with van der Waals surface area (Å²) < 4.78 is 3.45. The fourth-order valence-electron chi connectivity index (χ4n) is 4.02. The van der Waals surface area contributed by atoms with Gasteiger partial charge < -0.3 is 0 Å². The molecule has 0 amide bonds. The van der Waals surface area contributed by atoms with Gasteiger partial charge in [0, 0.05) is 29.2 Å². The van der Waals surface area contributed by atoms with Crippen molar-refractivity contribution in [3.05, 3.63) is 99.8 Å². The number of hydrogen-bond donors (Lipinski definition) is 1. The molecule has 34 heavy (non-hydrogen) atoms. The Kier molecular flexibility index (Phi) is 6.05. The third-order valence-corrected chi connectivity index (χ3v) is 5.98. The largest absolute Gasteiger partial charge is 0.333 e. The van der Waals surface area contributed by atoms with E-state index in [0.29, 0.717) is 23.1 Å². The number of tetrazole rings is 1. The average molecular weight is 472 g/mol. The summed E-state index contributed by atoms with van der Waals surface area (Å²) in [5.74, 6) is 0.559. The number of H-pyrrole nitrogens is 1. The van der Waals surface area contributed by atoms with Gasteiger partial charge in [0.05, 0.1) is 22.9 Å². The SMILES string of the molecule is CCCc1cn(-c2ccccc2Cl)c(=O)n1Cc1ccc(-c2ncccc2-c2nnn[nH]2)cc1. The number of nitrogens with zero attached hydrogens (tertiary/aromatic N) is 6. The lowest BCUT2D eigenvalue weighted by Gasteiger charge is -2.09. The maximum atomic E-state index is 13.3. The summed E-state index contributed by atoms with van der Waals surface area (Å²) in [5, 5.41) is 14.7. The van der Waals surface area contributed by atoms with Crippen molar-refractivity contribution in [2.24, 2.45) is 0 Å². The number of pyridine rings is 1. The number of imidazole rings is 1. The average Bonchev–Trinajstić information content (AvgIpc) is 3.50. The quantitative estimate of drug-likeness (QED) is 0.376. The number of rotatable bonds is 7. The van der Waals surface area contributed by atoms with E-state index in [0.717, 1.165) is 40.9 Å². The molecule has 0 fully saturated rings. The van der Waals surface area contributed by atoms with Crippen LogP contribution in [0.25, 0.3) is 28.3 Å². The van der Waals surface area contributed by atoms with E-state index in [9.17, 15) is 4.79 Å². The number of aromatic amines is 1. The summed E-state index contributed by atoms with van der Waals surface area (Å²) in [6.45, 7) is 2.57. The molecule has 3 aromatic heterocycles. The minimum Gasteiger partial charge on any atom is -0.292 e. The second-order valence-corrected chi connectivity index (χ2v) is 8.31. The Morgan fingerprint density at radius 2 is 1.85 bits per heavy atom. The Bertz CT molecular complexity index is 1470. The van der Waals surface area contributed by atoms with Crippen molar-refractivity contribution in [1.29, 1.82) is 0 Å². The van der Waals surface area contributed by atoms with Crippen LogP contribution in [0.5, 0.6) is 0 Å². The molecule has 0 atom stereocenters. The molecule has 2 aromatic carbocycles. The standard InChI is InChI=1S/C25H22ClN7O/c1-2-6-19-16-33(22-9-4-3-8-21(22)26)25(34)32(19)15-17-10-12-18(13-11-17)23-20(7-5-14-27-23)24-28-30-31-29-24/h3-5,7-14,16H,2,6,15H2,1H3,(H,28,29,30,31). The predicted octanol–water partition coefficient (Wildman–Crippen LogP) is 4.54.